The van der Waals surface area contributed by atoms with Crippen LogP contribution in [0.1, 0.15) is 6.92 Å². The van der Waals surface area contributed by atoms with Crippen molar-refractivity contribution in [1.29, 1.82) is 0 Å². The molecule has 2 aromatic rings. The third kappa shape index (κ3) is 2.67. The van der Waals surface area contributed by atoms with Crippen LogP contribution >= 0.6 is 0 Å². The van der Waals surface area contributed by atoms with E-state index < -0.39 is 18.8 Å². The number of ether oxygens (including phenoxy) is 3. The molecule has 0 aliphatic carbocycles. The molecule has 0 saturated carbocycles. The van der Waals surface area contributed by atoms with E-state index in [0.717, 1.165) is 11.3 Å². The summed E-state index contributed by atoms with van der Waals surface area (Å²) in [6.07, 6.45) is 1.17. The Labute approximate surface area is 143 Å². The van der Waals surface area contributed by atoms with Crippen molar-refractivity contribution in [2.75, 3.05) is 31.4 Å². The van der Waals surface area contributed by atoms with E-state index in [9.17, 15) is 9.18 Å². The van der Waals surface area contributed by atoms with Crippen molar-refractivity contribution in [1.82, 2.24) is 9.55 Å². The van der Waals surface area contributed by atoms with Crippen molar-refractivity contribution >= 4 is 11.9 Å². The predicted octanol–water partition coefficient (Wildman–Crippen LogP) is 2.64. The van der Waals surface area contributed by atoms with E-state index in [1.807, 2.05) is 29.7 Å². The van der Waals surface area contributed by atoms with Crippen molar-refractivity contribution in [3.8, 4) is 22.9 Å². The van der Waals surface area contributed by atoms with Gasteiger partial charge in [0, 0.05) is 12.3 Å². The second-order valence-corrected chi connectivity index (χ2v) is 5.81. The normalized spacial score (nSPS) is 18.9. The second kappa shape index (κ2) is 6.27. The molecule has 132 valence electrons. The van der Waals surface area contributed by atoms with Crippen molar-refractivity contribution in [3.63, 3.8) is 0 Å². The number of carbonyl (C=O) groups is 1. The Morgan fingerprint density at radius 2 is 2.28 bits per heavy atom. The molecule has 3 heterocycles. The number of cyclic esters (lactones) is 1. The lowest BCUT2D eigenvalue weighted by Crippen LogP contribution is -2.35. The van der Waals surface area contributed by atoms with Crippen LogP contribution in [-0.2, 0) is 11.3 Å². The first-order valence-corrected chi connectivity index (χ1v) is 8.20. The smallest absolute Gasteiger partial charge is 0.416 e. The van der Waals surface area contributed by atoms with Crippen LogP contribution in [0, 0.1) is 0 Å². The number of halogens is 1. The molecule has 1 atom stereocenters. The third-order valence-electron chi connectivity index (χ3n) is 4.24. The molecular formula is C17H18FN3O4. The molecule has 0 spiro atoms. The van der Waals surface area contributed by atoms with Gasteiger partial charge in [0.25, 0.3) is 0 Å². The summed E-state index contributed by atoms with van der Waals surface area (Å²) in [4.78, 5) is 17.8. The Balaban J connectivity index is 1.74. The predicted molar refractivity (Wildman–Crippen MR) is 87.9 cm³/mol. The zero-order valence-corrected chi connectivity index (χ0v) is 13.8. The van der Waals surface area contributed by atoms with Crippen molar-refractivity contribution < 1.29 is 23.4 Å². The number of rotatable bonds is 4. The maximum absolute atomic E-state index is 13.2. The molecule has 7 nitrogen and oxygen atoms in total. The Morgan fingerprint density at radius 1 is 1.40 bits per heavy atom. The minimum absolute atomic E-state index is 0.0366. The lowest BCUT2D eigenvalue weighted by atomic mass is 10.2. The van der Waals surface area contributed by atoms with E-state index in [1.165, 1.54) is 4.90 Å². The average molecular weight is 347 g/mol. The monoisotopic (exact) mass is 347 g/mol. The van der Waals surface area contributed by atoms with Gasteiger partial charge in [-0.15, -0.1) is 0 Å². The molecule has 1 amide bonds. The fourth-order valence-corrected chi connectivity index (χ4v) is 3.08. The van der Waals surface area contributed by atoms with Gasteiger partial charge in [-0.2, -0.15) is 0 Å². The molecule has 4 rings (SSSR count). The van der Waals surface area contributed by atoms with Gasteiger partial charge >= 0.3 is 6.09 Å². The SMILES string of the molecule is CCOc1ccc2c(c1)OCCn1cc(N3C(=O)OC[C@H]3CF)nc1-2. The van der Waals surface area contributed by atoms with E-state index in [4.69, 9.17) is 14.2 Å². The zero-order valence-electron chi connectivity index (χ0n) is 13.8. The summed E-state index contributed by atoms with van der Waals surface area (Å²) < 4.78 is 31.3. The number of aromatic nitrogens is 2. The van der Waals surface area contributed by atoms with Crippen molar-refractivity contribution in [2.45, 2.75) is 19.5 Å². The Hall–Kier alpha value is -2.77. The van der Waals surface area contributed by atoms with Crippen LogP contribution in [0.15, 0.2) is 24.4 Å². The van der Waals surface area contributed by atoms with Crippen LogP contribution in [0.4, 0.5) is 15.0 Å². The molecular weight excluding hydrogens is 329 g/mol. The van der Waals surface area contributed by atoms with E-state index in [1.54, 1.807) is 6.20 Å². The number of carbonyl (C=O) groups excluding carboxylic acids is 1. The van der Waals surface area contributed by atoms with Gasteiger partial charge < -0.3 is 18.8 Å². The number of nitrogens with zero attached hydrogens (tertiary/aromatic N) is 3. The first-order valence-electron chi connectivity index (χ1n) is 8.20. The number of anilines is 1. The minimum atomic E-state index is -0.675. The van der Waals surface area contributed by atoms with Crippen molar-refractivity contribution in [2.24, 2.45) is 0 Å². The number of fused-ring (bicyclic) bond motifs is 3. The molecule has 0 bridgehead atoms. The largest absolute Gasteiger partial charge is 0.494 e. The molecule has 1 fully saturated rings. The Bertz CT molecular complexity index is 807. The van der Waals surface area contributed by atoms with Gasteiger partial charge in [0.2, 0.25) is 0 Å². The van der Waals surface area contributed by atoms with Crippen LogP contribution in [0.3, 0.4) is 0 Å². The summed E-state index contributed by atoms with van der Waals surface area (Å²) in [6.45, 7) is 2.88. The molecule has 8 heteroatoms. The summed E-state index contributed by atoms with van der Waals surface area (Å²) in [7, 11) is 0. The van der Waals surface area contributed by atoms with Gasteiger partial charge in [0.15, 0.2) is 5.82 Å². The zero-order chi connectivity index (χ0) is 17.4. The number of alkyl halides is 1. The molecule has 2 aliphatic rings. The highest BCUT2D eigenvalue weighted by molar-refractivity contribution is 5.89. The van der Waals surface area contributed by atoms with E-state index in [0.29, 0.717) is 37.2 Å². The fraction of sp³-hybridized carbons (Fsp3) is 0.412. The minimum Gasteiger partial charge on any atom is -0.494 e. The molecule has 1 aromatic heterocycles. The van der Waals surface area contributed by atoms with Gasteiger partial charge in [-0.05, 0) is 19.1 Å². The molecule has 0 radical (unpaired) electrons. The highest BCUT2D eigenvalue weighted by Gasteiger charge is 2.36. The fourth-order valence-electron chi connectivity index (χ4n) is 3.08. The van der Waals surface area contributed by atoms with Gasteiger partial charge in [-0.3, -0.25) is 4.90 Å². The van der Waals surface area contributed by atoms with Gasteiger partial charge in [-0.25, -0.2) is 14.2 Å². The highest BCUT2D eigenvalue weighted by atomic mass is 19.1. The van der Waals surface area contributed by atoms with E-state index in [2.05, 4.69) is 4.98 Å². The third-order valence-corrected chi connectivity index (χ3v) is 4.24. The lowest BCUT2D eigenvalue weighted by molar-refractivity contribution is 0.177. The molecule has 25 heavy (non-hydrogen) atoms. The molecule has 2 aliphatic heterocycles. The first-order chi connectivity index (χ1) is 12.2. The van der Waals surface area contributed by atoms with E-state index >= 15 is 0 Å². The lowest BCUT2D eigenvalue weighted by Gasteiger charge is -2.15. The molecule has 0 N–H and O–H groups in total. The van der Waals surface area contributed by atoms with Crippen LogP contribution in [-0.4, -0.2) is 48.2 Å². The second-order valence-electron chi connectivity index (χ2n) is 5.81. The first kappa shape index (κ1) is 15.7. The Kier molecular flexibility index (Phi) is 3.95. The summed E-state index contributed by atoms with van der Waals surface area (Å²) in [5.41, 5.74) is 0.802. The number of imidazole rings is 1. The Morgan fingerprint density at radius 3 is 3.08 bits per heavy atom. The van der Waals surface area contributed by atoms with Gasteiger partial charge in [-0.1, -0.05) is 0 Å². The number of hydrogen-bond acceptors (Lipinski definition) is 5. The number of amides is 1. The highest BCUT2D eigenvalue weighted by Crippen LogP contribution is 2.36. The molecule has 0 unspecified atom stereocenters. The van der Waals surface area contributed by atoms with Crippen LogP contribution in [0.25, 0.3) is 11.4 Å². The number of hydrogen-bond donors (Lipinski definition) is 0. The average Bonchev–Trinajstić information content (AvgIpc) is 3.14. The summed E-state index contributed by atoms with van der Waals surface area (Å²) in [5.74, 6) is 2.46. The van der Waals surface area contributed by atoms with Crippen molar-refractivity contribution in [3.05, 3.63) is 24.4 Å². The molecule has 1 saturated heterocycles. The summed E-state index contributed by atoms with van der Waals surface area (Å²) in [5, 5.41) is 0. The van der Waals surface area contributed by atoms with Crippen LogP contribution < -0.4 is 14.4 Å². The standard InChI is InChI=1S/C17H18FN3O4/c1-2-23-12-3-4-13-14(7-12)24-6-5-20-9-15(19-16(13)20)21-11(8-18)10-25-17(21)22/h3-4,7,9,11H,2,5-6,8,10H2,1H3/t11-/m1/s1. The van der Waals surface area contributed by atoms with Crippen LogP contribution in [0.2, 0.25) is 0 Å². The maximum Gasteiger partial charge on any atom is 0.416 e. The van der Waals surface area contributed by atoms with Gasteiger partial charge in [0.05, 0.1) is 18.7 Å². The topological polar surface area (TPSA) is 65.8 Å². The van der Waals surface area contributed by atoms with Crippen LogP contribution in [0.5, 0.6) is 11.5 Å². The summed E-state index contributed by atoms with van der Waals surface area (Å²) in [6, 6.07) is 4.92. The maximum atomic E-state index is 13.2. The molecule has 1 aromatic carbocycles. The van der Waals surface area contributed by atoms with Gasteiger partial charge in [0.1, 0.15) is 43.3 Å². The number of benzene rings is 1. The summed E-state index contributed by atoms with van der Waals surface area (Å²) >= 11 is 0. The van der Waals surface area contributed by atoms with E-state index in [-0.39, 0.29) is 6.61 Å². The quantitative estimate of drug-likeness (QED) is 0.851.